The molecule has 7 heteroatoms. The van der Waals surface area contributed by atoms with Gasteiger partial charge in [-0.1, -0.05) is 31.9 Å². The molecule has 0 bridgehead atoms. The van der Waals surface area contributed by atoms with Crippen LogP contribution >= 0.6 is 11.6 Å². The van der Waals surface area contributed by atoms with Gasteiger partial charge < -0.3 is 10.4 Å². The molecule has 0 radical (unpaired) electrons. The Labute approximate surface area is 153 Å². The van der Waals surface area contributed by atoms with Crippen LogP contribution in [-0.4, -0.2) is 32.8 Å². The Balaban J connectivity index is 1.98. The van der Waals surface area contributed by atoms with Crippen molar-refractivity contribution in [2.75, 3.05) is 0 Å². The number of amides is 1. The van der Waals surface area contributed by atoms with Gasteiger partial charge in [-0.3, -0.25) is 14.3 Å². The molecule has 2 rings (SSSR count). The largest absolute Gasteiger partial charge is 0.481 e. The predicted molar refractivity (Wildman–Crippen MR) is 97.4 cm³/mol. The normalized spacial score (nSPS) is 21.0. The molecule has 1 heterocycles. The maximum atomic E-state index is 12.2. The summed E-state index contributed by atoms with van der Waals surface area (Å²) in [5, 5.41) is 16.9. The number of carboxylic acids is 1. The lowest BCUT2D eigenvalue weighted by atomic mass is 9.86. The molecule has 0 saturated heterocycles. The number of nitrogens with zero attached hydrogens (tertiary/aromatic N) is 2. The van der Waals surface area contributed by atoms with Gasteiger partial charge in [0, 0.05) is 24.2 Å². The molecule has 0 aliphatic heterocycles. The van der Waals surface area contributed by atoms with Gasteiger partial charge in [-0.05, 0) is 38.2 Å². The Hall–Kier alpha value is -1.82. The van der Waals surface area contributed by atoms with Gasteiger partial charge in [-0.15, -0.1) is 0 Å². The molecule has 2 atom stereocenters. The Kier molecular flexibility index (Phi) is 6.64. The van der Waals surface area contributed by atoms with Gasteiger partial charge in [-0.2, -0.15) is 5.10 Å². The topological polar surface area (TPSA) is 84.2 Å². The number of carbonyl (C=O) groups excluding carboxylic acids is 1. The Morgan fingerprint density at radius 1 is 1.44 bits per heavy atom. The van der Waals surface area contributed by atoms with Crippen LogP contribution in [-0.2, 0) is 16.1 Å². The third-order valence-electron chi connectivity index (χ3n) is 4.42. The van der Waals surface area contributed by atoms with Crippen molar-refractivity contribution in [2.45, 2.75) is 59.0 Å². The van der Waals surface area contributed by atoms with E-state index in [4.69, 9.17) is 16.7 Å². The van der Waals surface area contributed by atoms with E-state index in [1.165, 1.54) is 6.08 Å². The van der Waals surface area contributed by atoms with Gasteiger partial charge in [-0.25, -0.2) is 0 Å². The summed E-state index contributed by atoms with van der Waals surface area (Å²) >= 11 is 6.36. The van der Waals surface area contributed by atoms with Crippen LogP contribution in [0.25, 0.3) is 6.08 Å². The van der Waals surface area contributed by atoms with Crippen molar-refractivity contribution in [3.05, 3.63) is 22.5 Å². The Morgan fingerprint density at radius 3 is 2.80 bits per heavy atom. The van der Waals surface area contributed by atoms with Gasteiger partial charge in [0.25, 0.3) is 0 Å². The number of hydrogen-bond acceptors (Lipinski definition) is 3. The third-order valence-corrected chi connectivity index (χ3v) is 4.82. The van der Waals surface area contributed by atoms with Crippen molar-refractivity contribution in [2.24, 2.45) is 11.8 Å². The zero-order valence-corrected chi connectivity index (χ0v) is 15.7. The number of halogens is 1. The highest BCUT2D eigenvalue weighted by atomic mass is 35.5. The van der Waals surface area contributed by atoms with Crippen molar-refractivity contribution < 1.29 is 14.7 Å². The molecule has 138 valence electrons. The van der Waals surface area contributed by atoms with Crippen molar-refractivity contribution in [1.82, 2.24) is 15.1 Å². The molecule has 2 N–H and O–H groups in total. The average Bonchev–Trinajstić information content (AvgIpc) is 2.79. The summed E-state index contributed by atoms with van der Waals surface area (Å²) in [6.45, 7) is 6.76. The second-order valence-electron chi connectivity index (χ2n) is 7.11. The van der Waals surface area contributed by atoms with E-state index in [2.05, 4.69) is 24.3 Å². The molecule has 25 heavy (non-hydrogen) atoms. The lowest BCUT2D eigenvalue weighted by Gasteiger charge is -2.26. The van der Waals surface area contributed by atoms with Gasteiger partial charge in [0.1, 0.15) is 5.15 Å². The fourth-order valence-corrected chi connectivity index (χ4v) is 3.48. The van der Waals surface area contributed by atoms with Gasteiger partial charge in [0.05, 0.1) is 11.6 Å². The number of carboxylic acid groups (broad SMARTS) is 1. The molecule has 6 nitrogen and oxygen atoms in total. The SMILES string of the molecule is Cc1nn(CC(C)C)c(Cl)c1/C=C/C(=O)NC1CCCC(C(=O)O)C1. The van der Waals surface area contributed by atoms with E-state index < -0.39 is 5.97 Å². The molecule has 1 aromatic rings. The van der Waals surface area contributed by atoms with Crippen molar-refractivity contribution in [1.29, 1.82) is 0 Å². The van der Waals surface area contributed by atoms with E-state index >= 15 is 0 Å². The van der Waals surface area contributed by atoms with E-state index in [-0.39, 0.29) is 17.9 Å². The summed E-state index contributed by atoms with van der Waals surface area (Å²) in [7, 11) is 0. The van der Waals surface area contributed by atoms with Crippen molar-refractivity contribution in [3.63, 3.8) is 0 Å². The fraction of sp³-hybridized carbons (Fsp3) is 0.611. The van der Waals surface area contributed by atoms with Crippen LogP contribution in [0.5, 0.6) is 0 Å². The van der Waals surface area contributed by atoms with E-state index in [0.717, 1.165) is 30.6 Å². The monoisotopic (exact) mass is 367 g/mol. The maximum Gasteiger partial charge on any atom is 0.306 e. The molecular weight excluding hydrogens is 342 g/mol. The van der Waals surface area contributed by atoms with Crippen LogP contribution < -0.4 is 5.32 Å². The minimum Gasteiger partial charge on any atom is -0.481 e. The standard InChI is InChI=1S/C18H26ClN3O3/c1-11(2)10-22-17(19)15(12(3)21-22)7-8-16(23)20-14-6-4-5-13(9-14)18(24)25/h7-8,11,13-14H,4-6,9-10H2,1-3H3,(H,20,23)(H,24,25)/b8-7+. The highest BCUT2D eigenvalue weighted by Gasteiger charge is 2.27. The molecule has 0 spiro atoms. The van der Waals surface area contributed by atoms with Crippen molar-refractivity contribution in [3.8, 4) is 0 Å². The first-order valence-corrected chi connectivity index (χ1v) is 9.10. The zero-order valence-electron chi connectivity index (χ0n) is 15.0. The molecule has 1 fully saturated rings. The number of rotatable bonds is 6. The lowest BCUT2D eigenvalue weighted by molar-refractivity contribution is -0.143. The Bertz CT molecular complexity index is 667. The summed E-state index contributed by atoms with van der Waals surface area (Å²) in [5.74, 6) is -0.961. The minimum absolute atomic E-state index is 0.0905. The van der Waals surface area contributed by atoms with Crippen LogP contribution in [0.2, 0.25) is 5.15 Å². The summed E-state index contributed by atoms with van der Waals surface area (Å²) in [6.07, 6.45) is 5.92. The zero-order chi connectivity index (χ0) is 18.6. The van der Waals surface area contributed by atoms with Crippen LogP contribution in [0.1, 0.15) is 50.8 Å². The number of aliphatic carboxylic acids is 1. The maximum absolute atomic E-state index is 12.2. The molecular formula is C18H26ClN3O3. The third kappa shape index (κ3) is 5.33. The first kappa shape index (κ1) is 19.5. The molecule has 0 aromatic carbocycles. The molecule has 1 aliphatic rings. The highest BCUT2D eigenvalue weighted by molar-refractivity contribution is 6.31. The van der Waals surface area contributed by atoms with Gasteiger partial charge >= 0.3 is 5.97 Å². The van der Waals surface area contributed by atoms with Crippen LogP contribution in [0.3, 0.4) is 0 Å². The Morgan fingerprint density at radius 2 is 2.16 bits per heavy atom. The molecule has 2 unspecified atom stereocenters. The molecule has 1 amide bonds. The van der Waals surface area contributed by atoms with Crippen LogP contribution in [0.15, 0.2) is 6.08 Å². The highest BCUT2D eigenvalue weighted by Crippen LogP contribution is 2.25. The second-order valence-corrected chi connectivity index (χ2v) is 7.46. The molecule has 1 aromatic heterocycles. The summed E-state index contributed by atoms with van der Waals surface area (Å²) < 4.78 is 1.75. The summed E-state index contributed by atoms with van der Waals surface area (Å²) in [4.78, 5) is 23.3. The average molecular weight is 368 g/mol. The summed E-state index contributed by atoms with van der Waals surface area (Å²) in [6, 6.07) is -0.0905. The predicted octanol–water partition coefficient (Wildman–Crippen LogP) is 3.27. The number of hydrogen-bond donors (Lipinski definition) is 2. The van der Waals surface area contributed by atoms with E-state index in [1.807, 2.05) is 6.92 Å². The molecule has 1 aliphatic carbocycles. The van der Waals surface area contributed by atoms with Gasteiger partial charge in [0.15, 0.2) is 0 Å². The van der Waals surface area contributed by atoms with Gasteiger partial charge in [0.2, 0.25) is 5.91 Å². The smallest absolute Gasteiger partial charge is 0.306 e. The second kappa shape index (κ2) is 8.52. The lowest BCUT2D eigenvalue weighted by Crippen LogP contribution is -2.39. The first-order chi connectivity index (χ1) is 11.8. The van der Waals surface area contributed by atoms with Crippen LogP contribution in [0.4, 0.5) is 0 Å². The minimum atomic E-state index is -0.783. The fourth-order valence-electron chi connectivity index (χ4n) is 3.18. The summed E-state index contributed by atoms with van der Waals surface area (Å²) in [5.41, 5.74) is 1.52. The number of nitrogens with one attached hydrogen (secondary N) is 1. The van der Waals surface area contributed by atoms with Crippen molar-refractivity contribution >= 4 is 29.6 Å². The van der Waals surface area contributed by atoms with Crippen LogP contribution in [0, 0.1) is 18.8 Å². The quantitative estimate of drug-likeness (QED) is 0.756. The first-order valence-electron chi connectivity index (χ1n) is 8.72. The number of aryl methyl sites for hydroxylation is 1. The van der Waals surface area contributed by atoms with E-state index in [0.29, 0.717) is 23.9 Å². The van der Waals surface area contributed by atoms with E-state index in [1.54, 1.807) is 10.8 Å². The number of aromatic nitrogens is 2. The number of carbonyl (C=O) groups is 2. The molecule has 1 saturated carbocycles. The van der Waals surface area contributed by atoms with E-state index in [9.17, 15) is 9.59 Å².